The van der Waals surface area contributed by atoms with E-state index in [0.717, 1.165) is 16.3 Å². The summed E-state index contributed by atoms with van der Waals surface area (Å²) in [5, 5.41) is 3.93. The Labute approximate surface area is 90.2 Å². The number of ether oxygens (including phenoxy) is 1. The molecule has 1 aromatic rings. The number of methoxy groups -OCH3 is 1. The molecule has 0 aliphatic heterocycles. The second-order valence-corrected chi connectivity index (χ2v) is 4.10. The third kappa shape index (κ3) is 2.02. The van der Waals surface area contributed by atoms with Crippen molar-refractivity contribution in [3.63, 3.8) is 0 Å². The minimum absolute atomic E-state index is 0.191. The lowest BCUT2D eigenvalue weighted by molar-refractivity contribution is 0.375. The van der Waals surface area contributed by atoms with Gasteiger partial charge in [0.2, 0.25) is 0 Å². The van der Waals surface area contributed by atoms with Gasteiger partial charge in [0, 0.05) is 16.1 Å². The van der Waals surface area contributed by atoms with E-state index in [2.05, 4.69) is 19.2 Å². The molecule has 0 heterocycles. The van der Waals surface area contributed by atoms with Gasteiger partial charge >= 0.3 is 0 Å². The van der Waals surface area contributed by atoms with Crippen molar-refractivity contribution < 1.29 is 4.74 Å². The molecule has 0 atom stereocenters. The first-order valence-electron chi connectivity index (χ1n) is 4.55. The molecule has 0 aliphatic rings. The van der Waals surface area contributed by atoms with Crippen LogP contribution in [0, 0.1) is 0 Å². The zero-order valence-electron chi connectivity index (χ0n) is 9.02. The highest BCUT2D eigenvalue weighted by molar-refractivity contribution is 6.31. The molecule has 0 aliphatic carbocycles. The van der Waals surface area contributed by atoms with Crippen molar-refractivity contribution in [2.45, 2.75) is 19.4 Å². The van der Waals surface area contributed by atoms with E-state index in [4.69, 9.17) is 16.3 Å². The minimum atomic E-state index is -0.191. The summed E-state index contributed by atoms with van der Waals surface area (Å²) >= 11 is 6.15. The highest BCUT2D eigenvalue weighted by atomic mass is 35.5. The van der Waals surface area contributed by atoms with Gasteiger partial charge in [0.15, 0.2) is 0 Å². The normalized spacial score (nSPS) is 11.5. The molecular weight excluding hydrogens is 198 g/mol. The van der Waals surface area contributed by atoms with Gasteiger partial charge in [0.05, 0.1) is 7.11 Å². The minimum Gasteiger partial charge on any atom is -0.496 e. The third-order valence-electron chi connectivity index (χ3n) is 2.45. The topological polar surface area (TPSA) is 21.3 Å². The molecule has 0 amide bonds. The Hall–Kier alpha value is -0.730. The second-order valence-electron chi connectivity index (χ2n) is 3.69. The molecule has 0 saturated heterocycles. The zero-order valence-corrected chi connectivity index (χ0v) is 9.77. The maximum Gasteiger partial charge on any atom is 0.125 e. The summed E-state index contributed by atoms with van der Waals surface area (Å²) < 4.78 is 5.29. The van der Waals surface area contributed by atoms with Crippen LogP contribution in [0.1, 0.15) is 19.4 Å². The number of rotatable bonds is 3. The molecular formula is C11H16ClNO. The van der Waals surface area contributed by atoms with Crippen molar-refractivity contribution in [3.05, 3.63) is 28.8 Å². The van der Waals surface area contributed by atoms with Crippen LogP contribution in [-0.4, -0.2) is 14.2 Å². The molecule has 0 spiro atoms. The summed E-state index contributed by atoms with van der Waals surface area (Å²) in [6.45, 7) is 4.13. The fraction of sp³-hybridized carbons (Fsp3) is 0.455. The third-order valence-corrected chi connectivity index (χ3v) is 2.76. The van der Waals surface area contributed by atoms with Crippen LogP contribution >= 0.6 is 11.6 Å². The molecule has 3 heteroatoms. The molecule has 1 N–H and O–H groups in total. The summed E-state index contributed by atoms with van der Waals surface area (Å²) in [7, 11) is 3.56. The van der Waals surface area contributed by atoms with Crippen LogP contribution in [0.5, 0.6) is 5.75 Å². The molecule has 14 heavy (non-hydrogen) atoms. The summed E-state index contributed by atoms with van der Waals surface area (Å²) in [5.41, 5.74) is 0.801. The average molecular weight is 214 g/mol. The van der Waals surface area contributed by atoms with Crippen LogP contribution in [0.3, 0.4) is 0 Å². The first-order chi connectivity index (χ1) is 6.53. The Morgan fingerprint density at radius 1 is 1.36 bits per heavy atom. The Balaban J connectivity index is 3.30. The van der Waals surface area contributed by atoms with Gasteiger partial charge in [0.25, 0.3) is 0 Å². The maximum atomic E-state index is 6.15. The lowest BCUT2D eigenvalue weighted by atomic mass is 9.93. The van der Waals surface area contributed by atoms with Gasteiger partial charge in [0.1, 0.15) is 5.75 Å². The van der Waals surface area contributed by atoms with Crippen molar-refractivity contribution >= 4 is 11.6 Å². The Bertz CT molecular complexity index is 323. The van der Waals surface area contributed by atoms with Crippen molar-refractivity contribution in [1.29, 1.82) is 0 Å². The van der Waals surface area contributed by atoms with Gasteiger partial charge in [-0.3, -0.25) is 0 Å². The molecule has 0 unspecified atom stereocenters. The van der Waals surface area contributed by atoms with Crippen molar-refractivity contribution in [3.8, 4) is 5.75 Å². The fourth-order valence-corrected chi connectivity index (χ4v) is 1.81. The van der Waals surface area contributed by atoms with Gasteiger partial charge in [-0.05, 0) is 33.0 Å². The van der Waals surface area contributed by atoms with Crippen molar-refractivity contribution in [1.82, 2.24) is 5.32 Å². The van der Waals surface area contributed by atoms with Gasteiger partial charge in [-0.2, -0.15) is 0 Å². The number of halogens is 1. The molecule has 1 rings (SSSR count). The summed E-state index contributed by atoms with van der Waals surface area (Å²) in [6, 6.07) is 5.68. The largest absolute Gasteiger partial charge is 0.496 e. The Morgan fingerprint density at radius 3 is 2.50 bits per heavy atom. The molecule has 1 aromatic carbocycles. The van der Waals surface area contributed by atoms with Crippen LogP contribution in [0.25, 0.3) is 0 Å². The first-order valence-corrected chi connectivity index (χ1v) is 4.92. The standard InChI is InChI=1S/C11H16ClNO/c1-11(2,13-3)10-8(12)6-5-7-9(10)14-4/h5-7,13H,1-4H3. The van der Waals surface area contributed by atoms with E-state index in [1.807, 2.05) is 25.2 Å². The van der Waals surface area contributed by atoms with Crippen LogP contribution in [0.2, 0.25) is 5.02 Å². The van der Waals surface area contributed by atoms with Crippen molar-refractivity contribution in [2.75, 3.05) is 14.2 Å². The van der Waals surface area contributed by atoms with Gasteiger partial charge in [-0.25, -0.2) is 0 Å². The molecule has 2 nitrogen and oxygen atoms in total. The van der Waals surface area contributed by atoms with E-state index in [9.17, 15) is 0 Å². The lowest BCUT2D eigenvalue weighted by Crippen LogP contribution is -2.33. The van der Waals surface area contributed by atoms with E-state index in [-0.39, 0.29) is 5.54 Å². The number of hydrogen-bond donors (Lipinski definition) is 1. The fourth-order valence-electron chi connectivity index (χ4n) is 1.41. The molecule has 0 radical (unpaired) electrons. The van der Waals surface area contributed by atoms with Crippen LogP contribution in [0.15, 0.2) is 18.2 Å². The van der Waals surface area contributed by atoms with Gasteiger partial charge in [-0.1, -0.05) is 17.7 Å². The Kier molecular flexibility index (Phi) is 3.40. The second kappa shape index (κ2) is 4.20. The Morgan fingerprint density at radius 2 is 2.00 bits per heavy atom. The molecule has 0 aromatic heterocycles. The molecule has 0 bridgehead atoms. The highest BCUT2D eigenvalue weighted by Crippen LogP contribution is 2.35. The lowest BCUT2D eigenvalue weighted by Gasteiger charge is -2.27. The predicted molar refractivity (Wildman–Crippen MR) is 60.1 cm³/mol. The van der Waals surface area contributed by atoms with Crippen LogP contribution < -0.4 is 10.1 Å². The average Bonchev–Trinajstić information content (AvgIpc) is 2.17. The quantitative estimate of drug-likeness (QED) is 0.834. The number of nitrogens with one attached hydrogen (secondary N) is 1. The highest BCUT2D eigenvalue weighted by Gasteiger charge is 2.24. The van der Waals surface area contributed by atoms with E-state index in [1.54, 1.807) is 7.11 Å². The SMILES string of the molecule is CNC(C)(C)c1c(Cl)cccc1OC. The molecule has 0 fully saturated rings. The molecule has 78 valence electrons. The monoisotopic (exact) mass is 213 g/mol. The number of benzene rings is 1. The van der Waals surface area contributed by atoms with Gasteiger partial charge < -0.3 is 10.1 Å². The van der Waals surface area contributed by atoms with Crippen molar-refractivity contribution in [2.24, 2.45) is 0 Å². The summed E-state index contributed by atoms with van der Waals surface area (Å²) in [4.78, 5) is 0. The van der Waals surface area contributed by atoms with E-state index in [1.165, 1.54) is 0 Å². The van der Waals surface area contributed by atoms with E-state index in [0.29, 0.717) is 0 Å². The maximum absolute atomic E-state index is 6.15. The van der Waals surface area contributed by atoms with E-state index >= 15 is 0 Å². The smallest absolute Gasteiger partial charge is 0.125 e. The summed E-state index contributed by atoms with van der Waals surface area (Å²) in [6.07, 6.45) is 0. The summed E-state index contributed by atoms with van der Waals surface area (Å²) in [5.74, 6) is 0.817. The van der Waals surface area contributed by atoms with E-state index < -0.39 is 0 Å². The first kappa shape index (κ1) is 11.3. The van der Waals surface area contributed by atoms with Crippen LogP contribution in [-0.2, 0) is 5.54 Å². The molecule has 0 saturated carbocycles. The predicted octanol–water partition coefficient (Wildman–Crippen LogP) is 2.80. The van der Waals surface area contributed by atoms with Gasteiger partial charge in [-0.15, -0.1) is 0 Å². The van der Waals surface area contributed by atoms with Crippen LogP contribution in [0.4, 0.5) is 0 Å². The zero-order chi connectivity index (χ0) is 10.8. The number of hydrogen-bond acceptors (Lipinski definition) is 2.